The van der Waals surface area contributed by atoms with Crippen molar-refractivity contribution >= 4 is 45.0 Å². The zero-order valence-corrected chi connectivity index (χ0v) is 15.9. The second-order valence-corrected chi connectivity index (χ2v) is 8.53. The quantitative estimate of drug-likeness (QED) is 0.693. The lowest BCUT2D eigenvalue weighted by molar-refractivity contribution is -0.120. The first-order valence-electron chi connectivity index (χ1n) is 7.85. The lowest BCUT2D eigenvalue weighted by Gasteiger charge is -2.23. The highest BCUT2D eigenvalue weighted by Crippen LogP contribution is 2.36. The molecule has 0 bridgehead atoms. The van der Waals surface area contributed by atoms with Crippen LogP contribution in [0, 0.1) is 0 Å². The Kier molecular flexibility index (Phi) is 5.40. The van der Waals surface area contributed by atoms with Crippen molar-refractivity contribution in [2.24, 2.45) is 5.14 Å². The molecule has 1 aliphatic rings. The van der Waals surface area contributed by atoms with E-state index < -0.39 is 21.2 Å². The Balaban J connectivity index is 1.72. The monoisotopic (exact) mass is 407 g/mol. The molecule has 1 heterocycles. The van der Waals surface area contributed by atoms with E-state index in [1.165, 1.54) is 37.1 Å². The number of anilines is 2. The number of methoxy groups -OCH3 is 1. The van der Waals surface area contributed by atoms with Crippen LogP contribution in [0.5, 0.6) is 5.75 Å². The Morgan fingerprint density at radius 1 is 1.30 bits per heavy atom. The van der Waals surface area contributed by atoms with E-state index in [9.17, 15) is 18.0 Å². The van der Waals surface area contributed by atoms with Gasteiger partial charge in [0, 0.05) is 17.0 Å². The minimum Gasteiger partial charge on any atom is -0.495 e. The third-order valence-electron chi connectivity index (χ3n) is 3.83. The zero-order valence-electron chi connectivity index (χ0n) is 14.3. The van der Waals surface area contributed by atoms with Crippen LogP contribution in [0.1, 0.15) is 6.42 Å². The van der Waals surface area contributed by atoms with Crippen LogP contribution in [0.15, 0.2) is 52.3 Å². The molecule has 0 unspecified atom stereocenters. The number of nitrogens with one attached hydrogen (secondary N) is 2. The second kappa shape index (κ2) is 7.59. The number of sulfonamides is 1. The number of thioether (sulfide) groups is 1. The first-order valence-corrected chi connectivity index (χ1v) is 10.3. The molecule has 4 N–H and O–H groups in total. The first kappa shape index (κ1) is 19.2. The van der Waals surface area contributed by atoms with E-state index in [1.54, 1.807) is 6.07 Å². The van der Waals surface area contributed by atoms with Gasteiger partial charge in [-0.05, 0) is 30.3 Å². The average molecular weight is 407 g/mol. The number of hydrogen-bond donors (Lipinski definition) is 3. The summed E-state index contributed by atoms with van der Waals surface area (Å²) in [7, 11) is -2.70. The first-order chi connectivity index (χ1) is 12.8. The Hall–Kier alpha value is -2.56. The molecular weight excluding hydrogens is 390 g/mol. The highest BCUT2D eigenvalue weighted by atomic mass is 32.2. The molecule has 0 aromatic heterocycles. The smallest absolute Gasteiger partial charge is 0.241 e. The highest BCUT2D eigenvalue weighted by molar-refractivity contribution is 8.01. The third kappa shape index (κ3) is 4.41. The molecule has 3 rings (SSSR count). The summed E-state index contributed by atoms with van der Waals surface area (Å²) >= 11 is 1.31. The predicted octanol–water partition coefficient (Wildman–Crippen LogP) is 1.78. The number of primary sulfonamides is 1. The number of para-hydroxylation sites is 1. The van der Waals surface area contributed by atoms with Crippen molar-refractivity contribution in [2.45, 2.75) is 21.5 Å². The maximum Gasteiger partial charge on any atom is 0.241 e. The molecule has 0 saturated heterocycles. The van der Waals surface area contributed by atoms with E-state index in [-0.39, 0.29) is 28.7 Å². The third-order valence-corrected chi connectivity index (χ3v) is 6.04. The molecule has 1 aliphatic heterocycles. The van der Waals surface area contributed by atoms with E-state index in [4.69, 9.17) is 9.88 Å². The minimum absolute atomic E-state index is 0.0679. The molecule has 10 heteroatoms. The van der Waals surface area contributed by atoms with Crippen molar-refractivity contribution in [1.82, 2.24) is 0 Å². The van der Waals surface area contributed by atoms with Crippen molar-refractivity contribution in [2.75, 3.05) is 17.7 Å². The standard InChI is InChI=1S/C17H17N3O5S2/c1-25-12-7-6-10(8-15(12)27(18,23)24)19-16(21)9-14-17(22)20-11-4-2-3-5-13(11)26-14/h2-8,14H,9H2,1H3,(H,19,21)(H,20,22)(H2,18,23,24)/t14-/m0/s1. The van der Waals surface area contributed by atoms with Crippen LogP contribution in [0.3, 0.4) is 0 Å². The van der Waals surface area contributed by atoms with E-state index in [1.807, 2.05) is 18.2 Å². The number of hydrogen-bond acceptors (Lipinski definition) is 6. The predicted molar refractivity (Wildman–Crippen MR) is 102 cm³/mol. The summed E-state index contributed by atoms with van der Waals surface area (Å²) in [6, 6.07) is 11.4. The van der Waals surface area contributed by atoms with Crippen molar-refractivity contribution < 1.29 is 22.7 Å². The van der Waals surface area contributed by atoms with Crippen LogP contribution in [0.25, 0.3) is 0 Å². The van der Waals surface area contributed by atoms with E-state index in [2.05, 4.69) is 10.6 Å². The molecule has 0 saturated carbocycles. The van der Waals surface area contributed by atoms with Crippen LogP contribution in [0.4, 0.5) is 11.4 Å². The van der Waals surface area contributed by atoms with E-state index >= 15 is 0 Å². The number of rotatable bonds is 5. The second-order valence-electron chi connectivity index (χ2n) is 5.75. The molecule has 27 heavy (non-hydrogen) atoms. The molecule has 1 atom stereocenters. The maximum absolute atomic E-state index is 12.3. The SMILES string of the molecule is COc1ccc(NC(=O)C[C@@H]2Sc3ccccc3NC2=O)cc1S(N)(=O)=O. The fourth-order valence-electron chi connectivity index (χ4n) is 2.58. The molecule has 8 nitrogen and oxygen atoms in total. The lowest BCUT2D eigenvalue weighted by Crippen LogP contribution is -2.32. The van der Waals surface area contributed by atoms with Gasteiger partial charge in [-0.2, -0.15) is 0 Å². The van der Waals surface area contributed by atoms with E-state index in [0.717, 1.165) is 10.6 Å². The minimum atomic E-state index is -4.02. The average Bonchev–Trinajstić information content (AvgIpc) is 2.61. The molecule has 0 spiro atoms. The summed E-state index contributed by atoms with van der Waals surface area (Å²) in [5.74, 6) is -0.601. The van der Waals surface area contributed by atoms with Gasteiger partial charge in [-0.3, -0.25) is 9.59 Å². The fraction of sp³-hybridized carbons (Fsp3) is 0.176. The summed E-state index contributed by atoms with van der Waals surface area (Å²) in [5.41, 5.74) is 0.962. The molecule has 2 amide bonds. The van der Waals surface area contributed by atoms with Gasteiger partial charge in [0.1, 0.15) is 10.6 Å². The fourth-order valence-corrected chi connectivity index (χ4v) is 4.42. The van der Waals surface area contributed by atoms with Crippen molar-refractivity contribution in [3.8, 4) is 5.75 Å². The van der Waals surface area contributed by atoms with Gasteiger partial charge < -0.3 is 15.4 Å². The highest BCUT2D eigenvalue weighted by Gasteiger charge is 2.29. The largest absolute Gasteiger partial charge is 0.495 e. The molecular formula is C17H17N3O5S2. The summed E-state index contributed by atoms with van der Waals surface area (Å²) in [6.07, 6.45) is -0.0679. The maximum atomic E-state index is 12.3. The molecule has 2 aromatic rings. The normalized spacial score (nSPS) is 16.2. The number of fused-ring (bicyclic) bond motifs is 1. The number of nitrogens with two attached hydrogens (primary N) is 1. The number of amides is 2. The summed E-state index contributed by atoms with van der Waals surface area (Å²) in [5, 5.41) is 9.94. The number of benzene rings is 2. The summed E-state index contributed by atoms with van der Waals surface area (Å²) < 4.78 is 28.3. The molecule has 0 aliphatic carbocycles. The summed E-state index contributed by atoms with van der Waals surface area (Å²) in [6.45, 7) is 0. The van der Waals surface area contributed by atoms with Gasteiger partial charge >= 0.3 is 0 Å². The van der Waals surface area contributed by atoms with Crippen LogP contribution in [-0.2, 0) is 19.6 Å². The van der Waals surface area contributed by atoms with Crippen molar-refractivity contribution in [1.29, 1.82) is 0 Å². The Morgan fingerprint density at radius 2 is 2.04 bits per heavy atom. The van der Waals surface area contributed by atoms with Crippen molar-refractivity contribution in [3.63, 3.8) is 0 Å². The lowest BCUT2D eigenvalue weighted by atomic mass is 10.2. The van der Waals surface area contributed by atoms with Gasteiger partial charge in [-0.1, -0.05) is 12.1 Å². The van der Waals surface area contributed by atoms with Gasteiger partial charge in [-0.25, -0.2) is 13.6 Å². The van der Waals surface area contributed by atoms with Crippen LogP contribution in [0.2, 0.25) is 0 Å². The van der Waals surface area contributed by atoms with Gasteiger partial charge in [-0.15, -0.1) is 11.8 Å². The number of carbonyl (C=O) groups excluding carboxylic acids is 2. The van der Waals surface area contributed by atoms with Crippen LogP contribution in [-0.4, -0.2) is 32.6 Å². The van der Waals surface area contributed by atoms with Gasteiger partial charge in [0.25, 0.3) is 0 Å². The van der Waals surface area contributed by atoms with E-state index in [0.29, 0.717) is 0 Å². The Morgan fingerprint density at radius 3 is 2.74 bits per heavy atom. The number of ether oxygens (including phenoxy) is 1. The molecule has 0 fully saturated rings. The Bertz CT molecular complexity index is 1010. The van der Waals surface area contributed by atoms with Crippen LogP contribution < -0.4 is 20.5 Å². The van der Waals surface area contributed by atoms with Gasteiger partial charge in [0.05, 0.1) is 18.0 Å². The number of carbonyl (C=O) groups is 2. The van der Waals surface area contributed by atoms with Crippen LogP contribution >= 0.6 is 11.8 Å². The zero-order chi connectivity index (χ0) is 19.6. The van der Waals surface area contributed by atoms with Gasteiger partial charge in [0.2, 0.25) is 21.8 Å². The molecule has 0 radical (unpaired) electrons. The van der Waals surface area contributed by atoms with Gasteiger partial charge in [0.15, 0.2) is 0 Å². The summed E-state index contributed by atoms with van der Waals surface area (Å²) in [4.78, 5) is 25.2. The molecule has 2 aromatic carbocycles. The Labute approximate surface area is 160 Å². The molecule has 142 valence electrons. The topological polar surface area (TPSA) is 128 Å². The van der Waals surface area contributed by atoms with Crippen molar-refractivity contribution in [3.05, 3.63) is 42.5 Å².